The average Bonchev–Trinajstić information content (AvgIpc) is 2.60. The monoisotopic (exact) mass is 363 g/mol. The largest absolute Gasteiger partial charge is 0.481 e. The molecule has 2 aromatic carbocycles. The van der Waals surface area contributed by atoms with Crippen LogP contribution in [0.2, 0.25) is 10.0 Å². The number of benzene rings is 2. The number of nitrogens with zero attached hydrogens (tertiary/aromatic N) is 1. The smallest absolute Gasteiger partial charge is 0.306 e. The average molecular weight is 364 g/mol. The molecule has 3 rings (SSSR count). The van der Waals surface area contributed by atoms with Gasteiger partial charge in [-0.1, -0.05) is 65.7 Å². The molecule has 126 valence electrons. The maximum absolute atomic E-state index is 11.2. The van der Waals surface area contributed by atoms with Crippen LogP contribution in [0.3, 0.4) is 0 Å². The summed E-state index contributed by atoms with van der Waals surface area (Å²) in [7, 11) is 0. The number of piperidine rings is 1. The number of hydrogen-bond acceptors (Lipinski definition) is 2. The fraction of sp³-hybridized carbons (Fsp3) is 0.316. The molecule has 1 N–H and O–H groups in total. The fourth-order valence-electron chi connectivity index (χ4n) is 3.36. The minimum atomic E-state index is -0.702. The number of carbonyl (C=O) groups is 1. The van der Waals surface area contributed by atoms with E-state index in [1.807, 2.05) is 30.3 Å². The number of hydrogen-bond donors (Lipinski definition) is 1. The summed E-state index contributed by atoms with van der Waals surface area (Å²) in [5.41, 5.74) is 2.10. The molecule has 2 aromatic rings. The minimum absolute atomic E-state index is 0.0212. The number of carboxylic acids is 1. The van der Waals surface area contributed by atoms with E-state index in [9.17, 15) is 9.90 Å². The predicted molar refractivity (Wildman–Crippen MR) is 96.7 cm³/mol. The minimum Gasteiger partial charge on any atom is -0.481 e. The van der Waals surface area contributed by atoms with Crippen LogP contribution < -0.4 is 0 Å². The molecule has 0 aromatic heterocycles. The summed E-state index contributed by atoms with van der Waals surface area (Å²) in [4.78, 5) is 13.5. The van der Waals surface area contributed by atoms with Gasteiger partial charge in [0.25, 0.3) is 0 Å². The molecule has 1 aliphatic rings. The Bertz CT molecular complexity index is 713. The summed E-state index contributed by atoms with van der Waals surface area (Å²) in [6.07, 6.45) is 1.30. The summed E-state index contributed by atoms with van der Waals surface area (Å²) in [6.45, 7) is 1.44. The van der Waals surface area contributed by atoms with E-state index < -0.39 is 5.97 Å². The molecule has 24 heavy (non-hydrogen) atoms. The molecule has 0 spiro atoms. The molecule has 1 fully saturated rings. The highest BCUT2D eigenvalue weighted by molar-refractivity contribution is 6.42. The number of halogens is 2. The van der Waals surface area contributed by atoms with Crippen LogP contribution >= 0.6 is 23.2 Å². The molecule has 1 aliphatic heterocycles. The Morgan fingerprint density at radius 2 is 1.71 bits per heavy atom. The SMILES string of the molecule is O=C(O)C1CCN(C(c2ccccc2)c2cccc(Cl)c2Cl)CC1. The van der Waals surface area contributed by atoms with Crippen molar-refractivity contribution in [3.05, 3.63) is 69.7 Å². The molecular weight excluding hydrogens is 345 g/mol. The molecule has 1 saturated heterocycles. The zero-order valence-corrected chi connectivity index (χ0v) is 14.7. The lowest BCUT2D eigenvalue weighted by molar-refractivity contribution is -0.143. The van der Waals surface area contributed by atoms with Gasteiger partial charge < -0.3 is 5.11 Å². The maximum Gasteiger partial charge on any atom is 0.306 e. The van der Waals surface area contributed by atoms with E-state index >= 15 is 0 Å². The molecule has 3 nitrogen and oxygen atoms in total. The Kier molecular flexibility index (Phi) is 5.44. The highest BCUT2D eigenvalue weighted by Crippen LogP contribution is 2.38. The Morgan fingerprint density at radius 3 is 2.33 bits per heavy atom. The van der Waals surface area contributed by atoms with Crippen LogP contribution in [0, 0.1) is 5.92 Å². The van der Waals surface area contributed by atoms with E-state index in [4.69, 9.17) is 23.2 Å². The van der Waals surface area contributed by atoms with Crippen molar-refractivity contribution in [2.45, 2.75) is 18.9 Å². The normalized spacial score (nSPS) is 17.6. The molecule has 0 amide bonds. The number of rotatable bonds is 4. The van der Waals surface area contributed by atoms with Crippen molar-refractivity contribution >= 4 is 29.2 Å². The van der Waals surface area contributed by atoms with E-state index in [0.29, 0.717) is 22.9 Å². The standard InChI is InChI=1S/C19H19Cl2NO2/c20-16-8-4-7-15(17(16)21)18(13-5-2-1-3-6-13)22-11-9-14(10-12-22)19(23)24/h1-8,14,18H,9-12H2,(H,23,24). The van der Waals surface area contributed by atoms with Gasteiger partial charge in [0.05, 0.1) is 22.0 Å². The molecule has 0 bridgehead atoms. The van der Waals surface area contributed by atoms with Gasteiger partial charge in [0.1, 0.15) is 0 Å². The van der Waals surface area contributed by atoms with Crippen molar-refractivity contribution in [3.8, 4) is 0 Å². The van der Waals surface area contributed by atoms with Crippen molar-refractivity contribution in [2.75, 3.05) is 13.1 Å². The van der Waals surface area contributed by atoms with Gasteiger partial charge in [-0.3, -0.25) is 9.69 Å². The topological polar surface area (TPSA) is 40.5 Å². The summed E-state index contributed by atoms with van der Waals surface area (Å²) < 4.78 is 0. The molecule has 0 saturated carbocycles. The van der Waals surface area contributed by atoms with Gasteiger partial charge in [0.15, 0.2) is 0 Å². The van der Waals surface area contributed by atoms with Gasteiger partial charge in [0, 0.05) is 0 Å². The van der Waals surface area contributed by atoms with Crippen molar-refractivity contribution in [1.82, 2.24) is 4.90 Å². The van der Waals surface area contributed by atoms with Crippen LogP contribution in [0.15, 0.2) is 48.5 Å². The van der Waals surface area contributed by atoms with Crippen LogP contribution in [0.4, 0.5) is 0 Å². The summed E-state index contributed by atoms with van der Waals surface area (Å²) in [5, 5.41) is 10.3. The van der Waals surface area contributed by atoms with Gasteiger partial charge in [-0.2, -0.15) is 0 Å². The first kappa shape index (κ1) is 17.3. The van der Waals surface area contributed by atoms with Gasteiger partial charge in [-0.15, -0.1) is 0 Å². The van der Waals surface area contributed by atoms with E-state index in [0.717, 1.165) is 24.2 Å². The molecule has 0 aliphatic carbocycles. The summed E-state index contributed by atoms with van der Waals surface area (Å²) in [5.74, 6) is -0.959. The van der Waals surface area contributed by atoms with Crippen molar-refractivity contribution in [2.24, 2.45) is 5.92 Å². The second-order valence-electron chi connectivity index (χ2n) is 6.10. The molecule has 1 unspecified atom stereocenters. The third kappa shape index (κ3) is 3.59. The van der Waals surface area contributed by atoms with E-state index in [2.05, 4.69) is 17.0 Å². The number of carboxylic acid groups (broad SMARTS) is 1. The van der Waals surface area contributed by atoms with Gasteiger partial charge >= 0.3 is 5.97 Å². The third-order valence-electron chi connectivity index (χ3n) is 4.64. The van der Waals surface area contributed by atoms with Crippen molar-refractivity contribution in [3.63, 3.8) is 0 Å². The van der Waals surface area contributed by atoms with Crippen LogP contribution in [-0.2, 0) is 4.79 Å². The molecule has 0 radical (unpaired) electrons. The summed E-state index contributed by atoms with van der Waals surface area (Å²) >= 11 is 12.7. The number of likely N-dealkylation sites (tertiary alicyclic amines) is 1. The van der Waals surface area contributed by atoms with Crippen LogP contribution in [0.1, 0.15) is 30.0 Å². The predicted octanol–water partition coefficient (Wildman–Crippen LogP) is 4.88. The Hall–Kier alpha value is -1.55. The Balaban J connectivity index is 1.95. The fourth-order valence-corrected chi connectivity index (χ4v) is 3.77. The quantitative estimate of drug-likeness (QED) is 0.841. The van der Waals surface area contributed by atoms with E-state index in [1.54, 1.807) is 6.07 Å². The number of aliphatic carboxylic acids is 1. The zero-order chi connectivity index (χ0) is 17.1. The lowest BCUT2D eigenvalue weighted by Gasteiger charge is -2.37. The Morgan fingerprint density at radius 1 is 1.04 bits per heavy atom. The third-order valence-corrected chi connectivity index (χ3v) is 5.47. The van der Waals surface area contributed by atoms with Crippen molar-refractivity contribution in [1.29, 1.82) is 0 Å². The molecule has 5 heteroatoms. The van der Waals surface area contributed by atoms with E-state index in [1.165, 1.54) is 0 Å². The van der Waals surface area contributed by atoms with Crippen molar-refractivity contribution < 1.29 is 9.90 Å². The highest BCUT2D eigenvalue weighted by Gasteiger charge is 2.31. The lowest BCUT2D eigenvalue weighted by atomic mass is 9.91. The van der Waals surface area contributed by atoms with Gasteiger partial charge in [-0.25, -0.2) is 0 Å². The second-order valence-corrected chi connectivity index (χ2v) is 6.89. The molecule has 1 atom stereocenters. The Labute approximate surface area is 151 Å². The molecule has 1 heterocycles. The lowest BCUT2D eigenvalue weighted by Crippen LogP contribution is -2.39. The van der Waals surface area contributed by atoms with E-state index in [-0.39, 0.29) is 12.0 Å². The van der Waals surface area contributed by atoms with Gasteiger partial charge in [-0.05, 0) is 43.1 Å². The molecular formula is C19H19Cl2NO2. The second kappa shape index (κ2) is 7.56. The van der Waals surface area contributed by atoms with Gasteiger partial charge in [0.2, 0.25) is 0 Å². The zero-order valence-electron chi connectivity index (χ0n) is 13.2. The van der Waals surface area contributed by atoms with Crippen LogP contribution in [0.25, 0.3) is 0 Å². The maximum atomic E-state index is 11.2. The first-order valence-electron chi connectivity index (χ1n) is 8.03. The van der Waals surface area contributed by atoms with Crippen LogP contribution in [0.5, 0.6) is 0 Å². The highest BCUT2D eigenvalue weighted by atomic mass is 35.5. The first-order chi connectivity index (χ1) is 11.6. The van der Waals surface area contributed by atoms with Crippen LogP contribution in [-0.4, -0.2) is 29.1 Å². The summed E-state index contributed by atoms with van der Waals surface area (Å²) in [6, 6.07) is 15.8. The first-order valence-corrected chi connectivity index (χ1v) is 8.79.